The number of nitrogens with zero attached hydrogens (tertiary/aromatic N) is 1. The van der Waals surface area contributed by atoms with Gasteiger partial charge in [0.15, 0.2) is 0 Å². The number of H-pyrrole nitrogens is 1. The summed E-state index contributed by atoms with van der Waals surface area (Å²) >= 11 is 0. The van der Waals surface area contributed by atoms with Gasteiger partial charge in [-0.1, -0.05) is 6.07 Å². The Balaban J connectivity index is 1.73. The molecule has 2 heterocycles. The van der Waals surface area contributed by atoms with Crippen molar-refractivity contribution in [2.75, 3.05) is 18.5 Å². The Kier molecular flexibility index (Phi) is 9.05. The molecule has 1 aromatic carbocycles. The molecular weight excluding hydrogens is 464 g/mol. The Morgan fingerprint density at radius 1 is 1.25 bits per heavy atom. The molecule has 1 aliphatic rings. The zero-order valence-electron chi connectivity index (χ0n) is 21.2. The summed E-state index contributed by atoms with van der Waals surface area (Å²) in [5.41, 5.74) is 7.77. The van der Waals surface area contributed by atoms with Crippen LogP contribution >= 0.6 is 0 Å². The smallest absolute Gasteiger partial charge is 0.329 e. The number of ether oxygens (including phenoxy) is 2. The Bertz CT molecular complexity index is 1050. The lowest BCUT2D eigenvalue weighted by Crippen LogP contribution is -2.51. The van der Waals surface area contributed by atoms with Gasteiger partial charge in [-0.05, 0) is 46.2 Å². The largest absolute Gasteiger partial charge is 0.489 e. The van der Waals surface area contributed by atoms with Crippen LogP contribution in [0.4, 0.5) is 5.69 Å². The minimum atomic E-state index is -0.958. The summed E-state index contributed by atoms with van der Waals surface area (Å²) in [7, 11) is 0. The fraction of sp³-hybridized carbons (Fsp3) is 0.520. The van der Waals surface area contributed by atoms with Gasteiger partial charge in [-0.15, -0.1) is 0 Å². The Hall–Kier alpha value is -3.44. The quantitative estimate of drug-likeness (QED) is 0.286. The van der Waals surface area contributed by atoms with Crippen LogP contribution in [0.25, 0.3) is 0 Å². The number of aromatic nitrogens is 2. The highest BCUT2D eigenvalue weighted by Gasteiger charge is 2.28. The van der Waals surface area contributed by atoms with Crippen LogP contribution in [0, 0.1) is 0 Å². The second kappa shape index (κ2) is 12.0. The van der Waals surface area contributed by atoms with E-state index >= 15 is 0 Å². The van der Waals surface area contributed by atoms with E-state index in [1.165, 1.54) is 6.33 Å². The molecule has 1 aromatic heterocycles. The van der Waals surface area contributed by atoms with E-state index in [1.54, 1.807) is 19.2 Å². The Morgan fingerprint density at radius 3 is 2.69 bits per heavy atom. The summed E-state index contributed by atoms with van der Waals surface area (Å²) in [6.07, 6.45) is 3.55. The molecule has 3 atom stereocenters. The van der Waals surface area contributed by atoms with E-state index in [2.05, 4.69) is 25.9 Å². The molecule has 3 rings (SSSR count). The van der Waals surface area contributed by atoms with E-state index in [0.29, 0.717) is 30.8 Å². The highest BCUT2D eigenvalue weighted by molar-refractivity contribution is 5.94. The SMILES string of the molecule is CC(N)C(=O)NC(Cc1cnc[nH]1)C(=O)OC(CNC(C)(C)C)COc1cccc2c1CCC(=O)N2. The average molecular weight is 501 g/mol. The fourth-order valence-electron chi connectivity index (χ4n) is 3.62. The third-order valence-corrected chi connectivity index (χ3v) is 5.57. The van der Waals surface area contributed by atoms with Crippen molar-refractivity contribution in [1.29, 1.82) is 0 Å². The van der Waals surface area contributed by atoms with Gasteiger partial charge in [0, 0.05) is 48.1 Å². The summed E-state index contributed by atoms with van der Waals surface area (Å²) in [6, 6.07) is 3.72. The van der Waals surface area contributed by atoms with Crippen LogP contribution in [0.1, 0.15) is 45.4 Å². The highest BCUT2D eigenvalue weighted by atomic mass is 16.6. The van der Waals surface area contributed by atoms with Crippen LogP contribution in [0.3, 0.4) is 0 Å². The molecule has 36 heavy (non-hydrogen) atoms. The van der Waals surface area contributed by atoms with Crippen LogP contribution in [0.2, 0.25) is 0 Å². The number of nitrogens with one attached hydrogen (secondary N) is 4. The summed E-state index contributed by atoms with van der Waals surface area (Å²) in [4.78, 5) is 44.1. The van der Waals surface area contributed by atoms with E-state index in [9.17, 15) is 14.4 Å². The second-order valence-electron chi connectivity index (χ2n) is 9.96. The van der Waals surface area contributed by atoms with Crippen molar-refractivity contribution < 1.29 is 23.9 Å². The van der Waals surface area contributed by atoms with Gasteiger partial charge in [-0.2, -0.15) is 0 Å². The molecule has 0 radical (unpaired) electrons. The number of nitrogens with two attached hydrogens (primary N) is 1. The van der Waals surface area contributed by atoms with Crippen molar-refractivity contribution in [3.63, 3.8) is 0 Å². The first-order chi connectivity index (χ1) is 17.0. The maximum Gasteiger partial charge on any atom is 0.329 e. The highest BCUT2D eigenvalue weighted by Crippen LogP contribution is 2.31. The third kappa shape index (κ3) is 8.06. The summed E-state index contributed by atoms with van der Waals surface area (Å²) < 4.78 is 11.9. The van der Waals surface area contributed by atoms with E-state index in [4.69, 9.17) is 15.2 Å². The molecule has 2 aromatic rings. The molecule has 3 unspecified atom stereocenters. The molecule has 1 aliphatic heterocycles. The van der Waals surface area contributed by atoms with Crippen LogP contribution < -0.4 is 26.4 Å². The van der Waals surface area contributed by atoms with Crippen molar-refractivity contribution in [1.82, 2.24) is 20.6 Å². The molecule has 196 valence electrons. The van der Waals surface area contributed by atoms with Crippen molar-refractivity contribution in [2.24, 2.45) is 5.73 Å². The number of hydrogen-bond donors (Lipinski definition) is 5. The van der Waals surface area contributed by atoms with E-state index in [-0.39, 0.29) is 24.5 Å². The topological polar surface area (TPSA) is 160 Å². The number of hydrogen-bond acceptors (Lipinski definition) is 8. The van der Waals surface area contributed by atoms with Gasteiger partial charge in [0.1, 0.15) is 24.5 Å². The first-order valence-electron chi connectivity index (χ1n) is 12.0. The van der Waals surface area contributed by atoms with Gasteiger partial charge < -0.3 is 36.1 Å². The number of aromatic amines is 1. The molecule has 11 heteroatoms. The monoisotopic (exact) mass is 500 g/mol. The molecule has 0 spiro atoms. The summed E-state index contributed by atoms with van der Waals surface area (Å²) in [5, 5.41) is 8.85. The molecule has 0 fully saturated rings. The first-order valence-corrected chi connectivity index (χ1v) is 12.0. The van der Waals surface area contributed by atoms with Gasteiger partial charge in [0.25, 0.3) is 0 Å². The number of esters is 1. The molecule has 6 N–H and O–H groups in total. The molecule has 0 bridgehead atoms. The predicted molar refractivity (Wildman–Crippen MR) is 134 cm³/mol. The number of anilines is 1. The number of carbonyl (C=O) groups is 3. The maximum absolute atomic E-state index is 13.2. The molecule has 2 amide bonds. The van der Waals surface area contributed by atoms with Gasteiger partial charge in [0.05, 0.1) is 12.4 Å². The number of rotatable bonds is 11. The zero-order chi connectivity index (χ0) is 26.3. The van der Waals surface area contributed by atoms with Gasteiger partial charge in [0.2, 0.25) is 11.8 Å². The number of carbonyl (C=O) groups excluding carboxylic acids is 3. The van der Waals surface area contributed by atoms with Crippen molar-refractivity contribution in [3.05, 3.63) is 42.0 Å². The van der Waals surface area contributed by atoms with Crippen LogP contribution in [-0.4, -0.2) is 64.6 Å². The lowest BCUT2D eigenvalue weighted by Gasteiger charge is -2.28. The van der Waals surface area contributed by atoms with Crippen LogP contribution in [0.5, 0.6) is 5.75 Å². The van der Waals surface area contributed by atoms with Gasteiger partial charge in [-0.25, -0.2) is 9.78 Å². The van der Waals surface area contributed by atoms with E-state index in [1.807, 2.05) is 32.9 Å². The van der Waals surface area contributed by atoms with Gasteiger partial charge in [-0.3, -0.25) is 9.59 Å². The Morgan fingerprint density at radius 2 is 2.03 bits per heavy atom. The Labute approximate surface area is 210 Å². The second-order valence-corrected chi connectivity index (χ2v) is 9.96. The minimum Gasteiger partial charge on any atom is -0.489 e. The molecule has 11 nitrogen and oxygen atoms in total. The molecular formula is C25H36N6O5. The number of benzene rings is 1. The number of fused-ring (bicyclic) bond motifs is 1. The summed E-state index contributed by atoms with van der Waals surface area (Å²) in [6.45, 7) is 7.98. The first kappa shape index (κ1) is 27.2. The molecule has 0 saturated heterocycles. The molecule has 0 aliphatic carbocycles. The van der Waals surface area contributed by atoms with Crippen molar-refractivity contribution in [3.8, 4) is 5.75 Å². The van der Waals surface area contributed by atoms with Gasteiger partial charge >= 0.3 is 5.97 Å². The lowest BCUT2D eigenvalue weighted by molar-refractivity contribution is -0.154. The lowest BCUT2D eigenvalue weighted by atomic mass is 10.0. The van der Waals surface area contributed by atoms with Crippen molar-refractivity contribution in [2.45, 2.75) is 70.7 Å². The average Bonchev–Trinajstić information content (AvgIpc) is 3.32. The van der Waals surface area contributed by atoms with E-state index in [0.717, 1.165) is 11.3 Å². The maximum atomic E-state index is 13.2. The van der Waals surface area contributed by atoms with Crippen LogP contribution in [0.15, 0.2) is 30.7 Å². The van der Waals surface area contributed by atoms with Crippen molar-refractivity contribution >= 4 is 23.5 Å². The number of imidazole rings is 1. The summed E-state index contributed by atoms with van der Waals surface area (Å²) in [5.74, 6) is -0.470. The van der Waals surface area contributed by atoms with Crippen LogP contribution in [-0.2, 0) is 32.0 Å². The standard InChI is InChI=1S/C25H36N6O5/c1-15(26)23(33)31-20(10-16-11-27-14-28-16)24(34)36-17(12-29-25(2,3)4)13-35-21-7-5-6-19-18(21)8-9-22(32)30-19/h5-7,11,14-15,17,20,29H,8-10,12-13,26H2,1-4H3,(H,27,28)(H,30,32)(H,31,33). The normalized spacial score (nSPS) is 15.8. The molecule has 0 saturated carbocycles. The van der Waals surface area contributed by atoms with E-state index < -0.39 is 30.1 Å². The zero-order valence-corrected chi connectivity index (χ0v) is 21.2. The number of amides is 2. The predicted octanol–water partition coefficient (Wildman–Crippen LogP) is 1.05. The fourth-order valence-corrected chi connectivity index (χ4v) is 3.62. The third-order valence-electron chi connectivity index (χ3n) is 5.57. The minimum absolute atomic E-state index is 0.0296.